The van der Waals surface area contributed by atoms with Gasteiger partial charge in [-0.15, -0.1) is 0 Å². The SMILES string of the molecule is Cc1ccc2ncnc(NCc3nc(C)c(-c4ccc(Cl)cc4)o3)c2c1. The topological polar surface area (TPSA) is 63.8 Å². The molecule has 0 fully saturated rings. The van der Waals surface area contributed by atoms with Crippen LogP contribution < -0.4 is 5.32 Å². The highest BCUT2D eigenvalue weighted by molar-refractivity contribution is 6.30. The molecular weight excluding hydrogens is 348 g/mol. The van der Waals surface area contributed by atoms with Gasteiger partial charge in [0, 0.05) is 16.0 Å². The molecule has 4 rings (SSSR count). The van der Waals surface area contributed by atoms with Gasteiger partial charge in [0.05, 0.1) is 17.8 Å². The molecule has 0 aliphatic heterocycles. The first-order valence-corrected chi connectivity index (χ1v) is 8.65. The third-order valence-electron chi connectivity index (χ3n) is 4.15. The van der Waals surface area contributed by atoms with E-state index in [0.717, 1.165) is 39.3 Å². The Morgan fingerprint density at radius 1 is 1.04 bits per heavy atom. The number of hydrogen-bond donors (Lipinski definition) is 1. The summed E-state index contributed by atoms with van der Waals surface area (Å²) < 4.78 is 5.94. The zero-order chi connectivity index (χ0) is 18.1. The van der Waals surface area contributed by atoms with Gasteiger partial charge >= 0.3 is 0 Å². The Bertz CT molecular complexity index is 1070. The predicted octanol–water partition coefficient (Wildman–Crippen LogP) is 5.17. The molecule has 5 nitrogen and oxygen atoms in total. The maximum atomic E-state index is 5.95. The molecule has 1 N–H and O–H groups in total. The van der Waals surface area contributed by atoms with Crippen LogP contribution in [0.5, 0.6) is 0 Å². The zero-order valence-electron chi connectivity index (χ0n) is 14.5. The Kier molecular flexibility index (Phi) is 4.31. The lowest BCUT2D eigenvalue weighted by Gasteiger charge is -2.07. The van der Waals surface area contributed by atoms with E-state index in [4.69, 9.17) is 16.0 Å². The molecule has 6 heteroatoms. The molecule has 0 saturated heterocycles. The lowest BCUT2D eigenvalue weighted by molar-refractivity contribution is 0.515. The number of fused-ring (bicyclic) bond motifs is 1. The predicted molar refractivity (Wildman–Crippen MR) is 103 cm³/mol. The third-order valence-corrected chi connectivity index (χ3v) is 4.40. The minimum Gasteiger partial charge on any atom is -0.438 e. The van der Waals surface area contributed by atoms with Gasteiger partial charge in [-0.25, -0.2) is 15.0 Å². The van der Waals surface area contributed by atoms with E-state index in [2.05, 4.69) is 26.3 Å². The summed E-state index contributed by atoms with van der Waals surface area (Å²) in [4.78, 5) is 13.2. The van der Waals surface area contributed by atoms with Gasteiger partial charge in [-0.05, 0) is 50.2 Å². The third kappa shape index (κ3) is 3.26. The van der Waals surface area contributed by atoms with Crippen molar-refractivity contribution in [2.24, 2.45) is 0 Å². The van der Waals surface area contributed by atoms with Crippen molar-refractivity contribution in [1.29, 1.82) is 0 Å². The van der Waals surface area contributed by atoms with Crippen LogP contribution >= 0.6 is 11.6 Å². The summed E-state index contributed by atoms with van der Waals surface area (Å²) in [5.41, 5.74) is 3.85. The van der Waals surface area contributed by atoms with Crippen molar-refractivity contribution < 1.29 is 4.42 Å². The number of rotatable bonds is 4. The van der Waals surface area contributed by atoms with E-state index in [1.807, 2.05) is 50.2 Å². The lowest BCUT2D eigenvalue weighted by Crippen LogP contribution is -2.03. The maximum absolute atomic E-state index is 5.95. The molecule has 130 valence electrons. The Morgan fingerprint density at radius 3 is 2.65 bits per heavy atom. The number of hydrogen-bond acceptors (Lipinski definition) is 5. The van der Waals surface area contributed by atoms with Gasteiger partial charge in [0.25, 0.3) is 0 Å². The van der Waals surface area contributed by atoms with Crippen molar-refractivity contribution in [1.82, 2.24) is 15.0 Å². The fourth-order valence-electron chi connectivity index (χ4n) is 2.87. The summed E-state index contributed by atoms with van der Waals surface area (Å²) in [6.45, 7) is 4.42. The molecule has 0 spiro atoms. The monoisotopic (exact) mass is 364 g/mol. The number of benzene rings is 2. The van der Waals surface area contributed by atoms with Crippen LogP contribution in [0.3, 0.4) is 0 Å². The van der Waals surface area contributed by atoms with Crippen LogP contribution in [-0.2, 0) is 6.54 Å². The van der Waals surface area contributed by atoms with Crippen molar-refractivity contribution in [2.75, 3.05) is 5.32 Å². The molecular formula is C20H17ClN4O. The molecule has 2 aromatic heterocycles. The van der Waals surface area contributed by atoms with E-state index >= 15 is 0 Å². The fraction of sp³-hybridized carbons (Fsp3) is 0.150. The minimum atomic E-state index is 0.439. The molecule has 0 amide bonds. The van der Waals surface area contributed by atoms with Gasteiger partial charge in [0.15, 0.2) is 5.76 Å². The number of halogens is 1. The molecule has 26 heavy (non-hydrogen) atoms. The number of anilines is 1. The Morgan fingerprint density at radius 2 is 1.85 bits per heavy atom. The number of nitrogens with one attached hydrogen (secondary N) is 1. The molecule has 2 heterocycles. The quantitative estimate of drug-likeness (QED) is 0.541. The zero-order valence-corrected chi connectivity index (χ0v) is 15.2. The Labute approximate surface area is 156 Å². The molecule has 4 aromatic rings. The summed E-state index contributed by atoms with van der Waals surface area (Å²) >= 11 is 5.95. The second-order valence-corrected chi connectivity index (χ2v) is 6.56. The van der Waals surface area contributed by atoms with E-state index in [9.17, 15) is 0 Å². The normalized spacial score (nSPS) is 11.0. The van der Waals surface area contributed by atoms with Crippen LogP contribution in [0, 0.1) is 13.8 Å². The van der Waals surface area contributed by atoms with Crippen LogP contribution in [0.2, 0.25) is 5.02 Å². The van der Waals surface area contributed by atoms with Gasteiger partial charge in [0.2, 0.25) is 5.89 Å². The van der Waals surface area contributed by atoms with Gasteiger partial charge in [-0.3, -0.25) is 0 Å². The van der Waals surface area contributed by atoms with Crippen LogP contribution in [0.25, 0.3) is 22.2 Å². The summed E-state index contributed by atoms with van der Waals surface area (Å²) in [5.74, 6) is 2.12. The second kappa shape index (κ2) is 6.77. The summed E-state index contributed by atoms with van der Waals surface area (Å²) in [7, 11) is 0. The number of oxazole rings is 1. The standard InChI is InChI=1S/C20H17ClN4O/c1-12-3-8-17-16(9-12)20(24-11-23-17)22-10-18-25-13(2)19(26-18)14-4-6-15(21)7-5-14/h3-9,11H,10H2,1-2H3,(H,22,23,24). The van der Waals surface area contributed by atoms with Gasteiger partial charge in [-0.1, -0.05) is 23.2 Å². The van der Waals surface area contributed by atoms with E-state index in [1.54, 1.807) is 6.33 Å². The molecule has 0 atom stereocenters. The van der Waals surface area contributed by atoms with Crippen molar-refractivity contribution in [3.8, 4) is 11.3 Å². The highest BCUT2D eigenvalue weighted by Gasteiger charge is 2.12. The first-order valence-electron chi connectivity index (χ1n) is 8.27. The van der Waals surface area contributed by atoms with Crippen LogP contribution in [0.4, 0.5) is 5.82 Å². The minimum absolute atomic E-state index is 0.439. The van der Waals surface area contributed by atoms with Crippen LogP contribution in [0.1, 0.15) is 17.1 Å². The van der Waals surface area contributed by atoms with Crippen molar-refractivity contribution in [3.63, 3.8) is 0 Å². The molecule has 0 bridgehead atoms. The van der Waals surface area contributed by atoms with Crippen molar-refractivity contribution in [2.45, 2.75) is 20.4 Å². The van der Waals surface area contributed by atoms with Crippen molar-refractivity contribution >= 4 is 28.3 Å². The van der Waals surface area contributed by atoms with Gasteiger partial charge < -0.3 is 9.73 Å². The largest absolute Gasteiger partial charge is 0.438 e. The van der Waals surface area contributed by atoms with Crippen molar-refractivity contribution in [3.05, 3.63) is 71.0 Å². The molecule has 2 aromatic carbocycles. The smallest absolute Gasteiger partial charge is 0.214 e. The second-order valence-electron chi connectivity index (χ2n) is 6.13. The molecule has 0 aliphatic carbocycles. The lowest BCUT2D eigenvalue weighted by atomic mass is 10.1. The summed E-state index contributed by atoms with van der Waals surface area (Å²) in [5, 5.41) is 4.98. The fourth-order valence-corrected chi connectivity index (χ4v) is 2.99. The van der Waals surface area contributed by atoms with E-state index in [-0.39, 0.29) is 0 Å². The summed E-state index contributed by atoms with van der Waals surface area (Å²) in [6.07, 6.45) is 1.56. The van der Waals surface area contributed by atoms with E-state index in [1.165, 1.54) is 0 Å². The Balaban J connectivity index is 1.58. The van der Waals surface area contributed by atoms with Gasteiger partial charge in [-0.2, -0.15) is 0 Å². The molecule has 0 unspecified atom stereocenters. The highest BCUT2D eigenvalue weighted by atomic mass is 35.5. The number of nitrogens with zero attached hydrogens (tertiary/aromatic N) is 3. The first-order chi connectivity index (χ1) is 12.6. The first kappa shape index (κ1) is 16.5. The molecule has 0 radical (unpaired) electrons. The summed E-state index contributed by atoms with van der Waals surface area (Å²) in [6, 6.07) is 13.6. The highest BCUT2D eigenvalue weighted by Crippen LogP contribution is 2.27. The van der Waals surface area contributed by atoms with E-state index in [0.29, 0.717) is 17.5 Å². The average Bonchev–Trinajstić information content (AvgIpc) is 3.01. The number of aromatic nitrogens is 3. The molecule has 0 saturated carbocycles. The molecule has 0 aliphatic rings. The van der Waals surface area contributed by atoms with Crippen LogP contribution in [-0.4, -0.2) is 15.0 Å². The Hall–Kier alpha value is -2.92. The average molecular weight is 365 g/mol. The van der Waals surface area contributed by atoms with Gasteiger partial charge in [0.1, 0.15) is 12.1 Å². The maximum Gasteiger partial charge on any atom is 0.214 e. The number of aryl methyl sites for hydroxylation is 2. The van der Waals surface area contributed by atoms with E-state index < -0.39 is 0 Å². The van der Waals surface area contributed by atoms with Crippen LogP contribution in [0.15, 0.2) is 53.2 Å².